The van der Waals surface area contributed by atoms with Crippen LogP contribution in [0.5, 0.6) is 0 Å². The van der Waals surface area contributed by atoms with Gasteiger partial charge in [0.1, 0.15) is 12.1 Å². The first-order valence-electron chi connectivity index (χ1n) is 6.77. The molecule has 9 nitrogen and oxygen atoms in total. The van der Waals surface area contributed by atoms with E-state index in [0.717, 1.165) is 0 Å². The molecule has 0 spiro atoms. The molecule has 23 heavy (non-hydrogen) atoms. The van der Waals surface area contributed by atoms with Gasteiger partial charge in [-0.05, 0) is 12.1 Å². The van der Waals surface area contributed by atoms with Gasteiger partial charge in [-0.1, -0.05) is 12.1 Å². The van der Waals surface area contributed by atoms with E-state index >= 15 is 0 Å². The Bertz CT molecular complexity index is 660. The zero-order valence-electron chi connectivity index (χ0n) is 11.7. The molecule has 120 valence electrons. The Morgan fingerprint density at radius 3 is 2.09 bits per heavy atom. The average molecular weight is 320 g/mol. The Morgan fingerprint density at radius 2 is 1.65 bits per heavy atom. The van der Waals surface area contributed by atoms with Gasteiger partial charge < -0.3 is 10.2 Å². The molecule has 0 aromatic heterocycles. The summed E-state index contributed by atoms with van der Waals surface area (Å²) in [6.07, 6.45) is -2.44. The molecule has 3 amide bonds. The second kappa shape index (κ2) is 5.36. The molecular weight excluding hydrogens is 308 g/mol. The summed E-state index contributed by atoms with van der Waals surface area (Å²) in [5.74, 6) is -2.60. The van der Waals surface area contributed by atoms with Crippen LogP contribution in [0.2, 0.25) is 0 Å². The minimum Gasteiger partial charge on any atom is -0.480 e. The van der Waals surface area contributed by atoms with E-state index in [-0.39, 0.29) is 24.1 Å². The average Bonchev–Trinajstić information content (AvgIpc) is 3.04. The van der Waals surface area contributed by atoms with Crippen LogP contribution in [-0.4, -0.2) is 62.7 Å². The number of carboxylic acid groups (broad SMARTS) is 2. The summed E-state index contributed by atoms with van der Waals surface area (Å²) < 4.78 is 0. The SMILES string of the molecule is O=C(O)[C@@H]1C[C@@H](ON2C(=O)c3ccccc3C2=O)CN1C(=O)O. The molecule has 0 unspecified atom stereocenters. The number of hydrogen-bond acceptors (Lipinski definition) is 5. The number of likely N-dealkylation sites (tertiary alicyclic amines) is 1. The lowest BCUT2D eigenvalue weighted by Gasteiger charge is -2.18. The molecule has 1 aromatic rings. The Labute approximate surface area is 129 Å². The standard InChI is InChI=1S/C14H12N2O7/c17-11-8-3-1-2-4-9(8)12(18)16(11)23-7-5-10(13(19)20)15(6-7)14(21)22/h1-4,7,10H,5-6H2,(H,19,20)(H,21,22)/t7-,10+/m1/s1. The Balaban J connectivity index is 1.77. The number of nitrogens with zero attached hydrogens (tertiary/aromatic N) is 2. The number of imide groups is 1. The quantitative estimate of drug-likeness (QED) is 0.773. The van der Waals surface area contributed by atoms with E-state index in [1.165, 1.54) is 12.1 Å². The van der Waals surface area contributed by atoms with Crippen molar-refractivity contribution in [1.82, 2.24) is 9.96 Å². The fourth-order valence-electron chi connectivity index (χ4n) is 2.73. The van der Waals surface area contributed by atoms with Gasteiger partial charge in [0.2, 0.25) is 0 Å². The third-order valence-electron chi connectivity index (χ3n) is 3.80. The maximum atomic E-state index is 12.2. The molecule has 2 N–H and O–H groups in total. The summed E-state index contributed by atoms with van der Waals surface area (Å²) in [4.78, 5) is 52.5. The Kier molecular flexibility index (Phi) is 3.49. The van der Waals surface area contributed by atoms with Gasteiger partial charge in [0.15, 0.2) is 0 Å². The van der Waals surface area contributed by atoms with Crippen LogP contribution in [0.25, 0.3) is 0 Å². The fourth-order valence-corrected chi connectivity index (χ4v) is 2.73. The highest BCUT2D eigenvalue weighted by atomic mass is 16.7. The first kappa shape index (κ1) is 15.0. The lowest BCUT2D eigenvalue weighted by atomic mass is 10.1. The van der Waals surface area contributed by atoms with Crippen LogP contribution in [0, 0.1) is 0 Å². The van der Waals surface area contributed by atoms with Gasteiger partial charge in [0, 0.05) is 6.42 Å². The van der Waals surface area contributed by atoms with Crippen molar-refractivity contribution in [3.05, 3.63) is 35.4 Å². The van der Waals surface area contributed by atoms with Crippen molar-refractivity contribution < 1.29 is 34.2 Å². The summed E-state index contributed by atoms with van der Waals surface area (Å²) in [5.41, 5.74) is 0.390. The van der Waals surface area contributed by atoms with Crippen molar-refractivity contribution in [3.8, 4) is 0 Å². The molecule has 1 aromatic carbocycles. The van der Waals surface area contributed by atoms with Crippen LogP contribution in [0.1, 0.15) is 27.1 Å². The first-order valence-corrected chi connectivity index (χ1v) is 6.77. The second-order valence-corrected chi connectivity index (χ2v) is 5.20. The normalized spacial score (nSPS) is 23.3. The second-order valence-electron chi connectivity index (χ2n) is 5.20. The van der Waals surface area contributed by atoms with E-state index in [4.69, 9.17) is 15.1 Å². The summed E-state index contributed by atoms with van der Waals surface area (Å²) in [5, 5.41) is 18.6. The van der Waals surface area contributed by atoms with Gasteiger partial charge in [-0.3, -0.25) is 19.3 Å². The van der Waals surface area contributed by atoms with Gasteiger partial charge in [-0.2, -0.15) is 0 Å². The third kappa shape index (κ3) is 2.40. The molecule has 2 aliphatic heterocycles. The number of fused-ring (bicyclic) bond motifs is 1. The van der Waals surface area contributed by atoms with Gasteiger partial charge in [0.25, 0.3) is 11.8 Å². The van der Waals surface area contributed by atoms with Crippen LogP contribution >= 0.6 is 0 Å². The molecule has 1 saturated heterocycles. The van der Waals surface area contributed by atoms with E-state index < -0.39 is 36.0 Å². The maximum absolute atomic E-state index is 12.2. The molecule has 2 atom stereocenters. The van der Waals surface area contributed by atoms with Crippen LogP contribution in [-0.2, 0) is 9.63 Å². The van der Waals surface area contributed by atoms with E-state index in [1.807, 2.05) is 0 Å². The minimum atomic E-state index is -1.40. The number of carbonyl (C=O) groups is 4. The molecule has 2 aliphatic rings. The minimum absolute atomic E-state index is 0.144. The fraction of sp³-hybridized carbons (Fsp3) is 0.286. The lowest BCUT2D eigenvalue weighted by Crippen LogP contribution is -2.40. The zero-order valence-corrected chi connectivity index (χ0v) is 11.7. The van der Waals surface area contributed by atoms with E-state index in [9.17, 15) is 19.2 Å². The van der Waals surface area contributed by atoms with Crippen molar-refractivity contribution >= 4 is 23.9 Å². The molecule has 3 rings (SSSR count). The predicted molar refractivity (Wildman–Crippen MR) is 72.6 cm³/mol. The van der Waals surface area contributed by atoms with Crippen LogP contribution in [0.4, 0.5) is 4.79 Å². The molecule has 1 fully saturated rings. The predicted octanol–water partition coefficient (Wildman–Crippen LogP) is 0.420. The van der Waals surface area contributed by atoms with Crippen molar-refractivity contribution in [1.29, 1.82) is 0 Å². The Hall–Kier alpha value is -2.94. The van der Waals surface area contributed by atoms with E-state index in [0.29, 0.717) is 9.96 Å². The molecule has 0 saturated carbocycles. The zero-order chi connectivity index (χ0) is 16.7. The summed E-state index contributed by atoms with van der Waals surface area (Å²) in [6.45, 7) is -0.236. The Morgan fingerprint density at radius 1 is 1.09 bits per heavy atom. The smallest absolute Gasteiger partial charge is 0.408 e. The van der Waals surface area contributed by atoms with Crippen molar-refractivity contribution in [2.45, 2.75) is 18.6 Å². The van der Waals surface area contributed by atoms with Gasteiger partial charge >= 0.3 is 12.1 Å². The van der Waals surface area contributed by atoms with Gasteiger partial charge in [-0.15, -0.1) is 5.06 Å². The topological polar surface area (TPSA) is 124 Å². The molecule has 2 heterocycles. The van der Waals surface area contributed by atoms with E-state index in [1.54, 1.807) is 12.1 Å². The van der Waals surface area contributed by atoms with Crippen LogP contribution in [0.15, 0.2) is 24.3 Å². The van der Waals surface area contributed by atoms with E-state index in [2.05, 4.69) is 0 Å². The molecule has 0 aliphatic carbocycles. The number of benzene rings is 1. The number of hydroxylamine groups is 2. The number of rotatable bonds is 3. The van der Waals surface area contributed by atoms with Crippen molar-refractivity contribution in [3.63, 3.8) is 0 Å². The highest BCUT2D eigenvalue weighted by Crippen LogP contribution is 2.27. The summed E-state index contributed by atoms with van der Waals surface area (Å²) in [7, 11) is 0. The molecule has 0 radical (unpaired) electrons. The van der Waals surface area contributed by atoms with Crippen molar-refractivity contribution in [2.75, 3.05) is 6.54 Å². The molecule has 0 bridgehead atoms. The number of aliphatic carboxylic acids is 1. The molecular formula is C14H12N2O7. The summed E-state index contributed by atoms with van der Waals surface area (Å²) >= 11 is 0. The monoisotopic (exact) mass is 320 g/mol. The van der Waals surface area contributed by atoms with Crippen molar-refractivity contribution in [2.24, 2.45) is 0 Å². The number of carbonyl (C=O) groups excluding carboxylic acids is 2. The van der Waals surface area contributed by atoms with Crippen LogP contribution in [0.3, 0.4) is 0 Å². The lowest BCUT2D eigenvalue weighted by molar-refractivity contribution is -0.142. The molecule has 9 heteroatoms. The van der Waals surface area contributed by atoms with Crippen LogP contribution < -0.4 is 0 Å². The summed E-state index contributed by atoms with van der Waals surface area (Å²) in [6, 6.07) is 4.91. The third-order valence-corrected chi connectivity index (χ3v) is 3.80. The first-order chi connectivity index (χ1) is 10.9. The van der Waals surface area contributed by atoms with Gasteiger partial charge in [-0.25, -0.2) is 9.59 Å². The maximum Gasteiger partial charge on any atom is 0.408 e. The number of amides is 3. The largest absolute Gasteiger partial charge is 0.480 e. The van der Waals surface area contributed by atoms with Gasteiger partial charge in [0.05, 0.1) is 17.7 Å². The number of hydrogen-bond donors (Lipinski definition) is 2. The highest BCUT2D eigenvalue weighted by Gasteiger charge is 2.44. The number of carboxylic acids is 1. The highest BCUT2D eigenvalue weighted by molar-refractivity contribution is 6.20.